The number of aliphatic hydroxyl groups is 1. The van der Waals surface area contributed by atoms with E-state index in [9.17, 15) is 5.11 Å². The molecule has 0 saturated carbocycles. The molecule has 0 radical (unpaired) electrons. The number of nitrogens with two attached hydrogens (primary N) is 1. The van der Waals surface area contributed by atoms with E-state index in [2.05, 4.69) is 0 Å². The van der Waals surface area contributed by atoms with Crippen molar-refractivity contribution in [3.63, 3.8) is 0 Å². The van der Waals surface area contributed by atoms with E-state index < -0.39 is 6.10 Å². The molecule has 2 rings (SSSR count). The molecule has 0 aliphatic heterocycles. The molecule has 4 heteroatoms. The molecule has 102 valence electrons. The molecule has 2 atom stereocenters. The van der Waals surface area contributed by atoms with Crippen LogP contribution in [0.1, 0.15) is 28.0 Å². The quantitative estimate of drug-likeness (QED) is 0.883. The minimum atomic E-state index is -0.597. The summed E-state index contributed by atoms with van der Waals surface area (Å²) in [5.74, 6) is 0.616. The lowest BCUT2D eigenvalue weighted by Gasteiger charge is -2.23. The molecule has 2 aromatic rings. The Morgan fingerprint density at radius 2 is 2.16 bits per heavy atom. The van der Waals surface area contributed by atoms with E-state index in [1.54, 1.807) is 18.4 Å². The second kappa shape index (κ2) is 6.19. The average Bonchev–Trinajstić information content (AvgIpc) is 2.93. The fourth-order valence-electron chi connectivity index (χ4n) is 2.23. The monoisotopic (exact) mass is 277 g/mol. The van der Waals surface area contributed by atoms with Crippen LogP contribution in [0, 0.1) is 6.92 Å². The number of hydrogen-bond donors (Lipinski definition) is 2. The first kappa shape index (κ1) is 14.1. The lowest BCUT2D eigenvalue weighted by molar-refractivity contribution is 0.149. The summed E-state index contributed by atoms with van der Waals surface area (Å²) >= 11 is 1.54. The minimum Gasteiger partial charge on any atom is -0.496 e. The van der Waals surface area contributed by atoms with E-state index in [-0.39, 0.29) is 5.92 Å². The molecule has 2 unspecified atom stereocenters. The second-order valence-electron chi connectivity index (χ2n) is 4.55. The van der Waals surface area contributed by atoms with Crippen molar-refractivity contribution in [2.45, 2.75) is 18.9 Å². The summed E-state index contributed by atoms with van der Waals surface area (Å²) in [6.07, 6.45) is -0.597. The summed E-state index contributed by atoms with van der Waals surface area (Å²) < 4.78 is 5.39. The third kappa shape index (κ3) is 2.97. The fraction of sp³-hybridized carbons (Fsp3) is 0.333. The number of methoxy groups -OCH3 is 1. The lowest BCUT2D eigenvalue weighted by Crippen LogP contribution is -2.20. The fourth-order valence-corrected chi connectivity index (χ4v) is 3.00. The molecule has 0 saturated heterocycles. The summed E-state index contributed by atoms with van der Waals surface area (Å²) in [5.41, 5.74) is 7.97. The van der Waals surface area contributed by atoms with Crippen LogP contribution >= 0.6 is 11.3 Å². The Labute approximate surface area is 117 Å². The normalized spacial score (nSPS) is 14.1. The molecule has 3 N–H and O–H groups in total. The summed E-state index contributed by atoms with van der Waals surface area (Å²) in [6.45, 7) is 2.40. The van der Waals surface area contributed by atoms with Gasteiger partial charge in [-0.1, -0.05) is 23.8 Å². The molecule has 1 aromatic heterocycles. The second-order valence-corrected chi connectivity index (χ2v) is 5.53. The van der Waals surface area contributed by atoms with Crippen molar-refractivity contribution in [3.8, 4) is 5.75 Å². The van der Waals surface area contributed by atoms with Crippen molar-refractivity contribution in [3.05, 3.63) is 51.7 Å². The summed E-state index contributed by atoms with van der Waals surface area (Å²) in [6, 6.07) is 9.82. The van der Waals surface area contributed by atoms with Gasteiger partial charge in [0.15, 0.2) is 0 Å². The SMILES string of the molecule is COc1ccc(C)cc1C(CN)C(O)c1cccs1. The first-order valence-electron chi connectivity index (χ1n) is 6.23. The van der Waals surface area contributed by atoms with Gasteiger partial charge in [0, 0.05) is 22.9 Å². The Morgan fingerprint density at radius 1 is 1.37 bits per heavy atom. The first-order valence-corrected chi connectivity index (χ1v) is 7.11. The van der Waals surface area contributed by atoms with Crippen molar-refractivity contribution < 1.29 is 9.84 Å². The largest absolute Gasteiger partial charge is 0.496 e. The average molecular weight is 277 g/mol. The van der Waals surface area contributed by atoms with Crippen molar-refractivity contribution in [2.75, 3.05) is 13.7 Å². The number of thiophene rings is 1. The first-order chi connectivity index (χ1) is 9.17. The van der Waals surface area contributed by atoms with Gasteiger partial charge in [-0.2, -0.15) is 0 Å². The zero-order valence-corrected chi connectivity index (χ0v) is 12.0. The maximum atomic E-state index is 10.5. The Kier molecular flexibility index (Phi) is 4.58. The number of ether oxygens (including phenoxy) is 1. The minimum absolute atomic E-state index is 0.159. The van der Waals surface area contributed by atoms with Gasteiger partial charge in [0.1, 0.15) is 5.75 Å². The Morgan fingerprint density at radius 3 is 2.74 bits per heavy atom. The highest BCUT2D eigenvalue weighted by molar-refractivity contribution is 7.10. The van der Waals surface area contributed by atoms with Gasteiger partial charge in [-0.25, -0.2) is 0 Å². The molecule has 1 heterocycles. The van der Waals surface area contributed by atoms with Crippen molar-refractivity contribution in [1.29, 1.82) is 0 Å². The highest BCUT2D eigenvalue weighted by atomic mass is 32.1. The molecular formula is C15H19NO2S. The van der Waals surface area contributed by atoms with Crippen LogP contribution in [0.2, 0.25) is 0 Å². The van der Waals surface area contributed by atoms with Crippen LogP contribution in [0.25, 0.3) is 0 Å². The topological polar surface area (TPSA) is 55.5 Å². The van der Waals surface area contributed by atoms with Gasteiger partial charge < -0.3 is 15.6 Å². The van der Waals surface area contributed by atoms with Crippen LogP contribution < -0.4 is 10.5 Å². The van der Waals surface area contributed by atoms with Crippen LogP contribution in [0.5, 0.6) is 5.75 Å². The van der Waals surface area contributed by atoms with Crippen LogP contribution in [-0.2, 0) is 0 Å². The zero-order valence-electron chi connectivity index (χ0n) is 11.2. The third-order valence-corrected chi connectivity index (χ3v) is 4.20. The predicted molar refractivity (Wildman–Crippen MR) is 78.8 cm³/mol. The predicted octanol–water partition coefficient (Wildman–Crippen LogP) is 2.84. The van der Waals surface area contributed by atoms with Gasteiger partial charge in [0.25, 0.3) is 0 Å². The molecule has 0 spiro atoms. The van der Waals surface area contributed by atoms with Crippen molar-refractivity contribution >= 4 is 11.3 Å². The summed E-state index contributed by atoms with van der Waals surface area (Å²) in [5, 5.41) is 12.5. The van der Waals surface area contributed by atoms with E-state index in [0.717, 1.165) is 21.8 Å². The van der Waals surface area contributed by atoms with E-state index in [1.165, 1.54) is 0 Å². The number of benzene rings is 1. The molecule has 0 amide bonds. The van der Waals surface area contributed by atoms with Crippen LogP contribution in [0.4, 0.5) is 0 Å². The van der Waals surface area contributed by atoms with Crippen molar-refractivity contribution in [2.24, 2.45) is 5.73 Å². The molecule has 0 aliphatic carbocycles. The number of hydrogen-bond acceptors (Lipinski definition) is 4. The Hall–Kier alpha value is -1.36. The van der Waals surface area contributed by atoms with Gasteiger partial charge in [0.2, 0.25) is 0 Å². The molecular weight excluding hydrogens is 258 g/mol. The van der Waals surface area contributed by atoms with Crippen LogP contribution in [-0.4, -0.2) is 18.8 Å². The number of aryl methyl sites for hydroxylation is 1. The molecule has 1 aromatic carbocycles. The molecule has 0 aliphatic rings. The number of rotatable bonds is 5. The van der Waals surface area contributed by atoms with Gasteiger partial charge in [0.05, 0.1) is 13.2 Å². The molecule has 19 heavy (non-hydrogen) atoms. The zero-order chi connectivity index (χ0) is 13.8. The maximum absolute atomic E-state index is 10.5. The summed E-state index contributed by atoms with van der Waals surface area (Å²) in [4.78, 5) is 0.930. The van der Waals surface area contributed by atoms with Crippen molar-refractivity contribution in [1.82, 2.24) is 0 Å². The van der Waals surface area contributed by atoms with E-state index in [4.69, 9.17) is 10.5 Å². The lowest BCUT2D eigenvalue weighted by atomic mass is 9.90. The van der Waals surface area contributed by atoms with Gasteiger partial charge in [-0.05, 0) is 24.4 Å². The van der Waals surface area contributed by atoms with E-state index in [1.807, 2.05) is 42.6 Å². The Balaban J connectivity index is 2.39. The maximum Gasteiger partial charge on any atom is 0.122 e. The Bertz CT molecular complexity index is 525. The summed E-state index contributed by atoms with van der Waals surface area (Å²) in [7, 11) is 1.64. The standard InChI is InChI=1S/C15H19NO2S/c1-10-5-6-13(18-2)11(8-10)12(9-16)15(17)14-4-3-7-19-14/h3-8,12,15,17H,9,16H2,1-2H3. The molecule has 3 nitrogen and oxygen atoms in total. The van der Waals surface area contributed by atoms with Gasteiger partial charge in [-0.15, -0.1) is 11.3 Å². The van der Waals surface area contributed by atoms with Crippen LogP contribution in [0.3, 0.4) is 0 Å². The van der Waals surface area contributed by atoms with Gasteiger partial charge in [-0.3, -0.25) is 0 Å². The molecule has 0 bridgehead atoms. The van der Waals surface area contributed by atoms with E-state index in [0.29, 0.717) is 6.54 Å². The van der Waals surface area contributed by atoms with Crippen LogP contribution in [0.15, 0.2) is 35.7 Å². The van der Waals surface area contributed by atoms with Gasteiger partial charge >= 0.3 is 0 Å². The van der Waals surface area contributed by atoms with E-state index >= 15 is 0 Å². The third-order valence-electron chi connectivity index (χ3n) is 3.25. The number of aliphatic hydroxyl groups excluding tert-OH is 1. The highest BCUT2D eigenvalue weighted by Crippen LogP contribution is 2.37. The smallest absolute Gasteiger partial charge is 0.122 e. The molecule has 0 fully saturated rings. The highest BCUT2D eigenvalue weighted by Gasteiger charge is 2.25.